The molecule has 1 aromatic heterocycles. The molecule has 126 valence electrons. The van der Waals surface area contributed by atoms with Gasteiger partial charge >= 0.3 is 0 Å². The highest BCUT2D eigenvalue weighted by Gasteiger charge is 2.29. The summed E-state index contributed by atoms with van der Waals surface area (Å²) in [6.07, 6.45) is 0.783. The molecular weight excluding hydrogens is 380 g/mol. The van der Waals surface area contributed by atoms with Gasteiger partial charge < -0.3 is 9.64 Å². The summed E-state index contributed by atoms with van der Waals surface area (Å²) >= 11 is 3.45. The number of halogens is 1. The molecule has 4 nitrogen and oxygen atoms in total. The Morgan fingerprint density at radius 3 is 2.76 bits per heavy atom. The minimum absolute atomic E-state index is 0.0277. The molecule has 0 saturated carbocycles. The zero-order valence-electron chi connectivity index (χ0n) is 13.6. The van der Waals surface area contributed by atoms with Gasteiger partial charge in [-0.1, -0.05) is 30.3 Å². The van der Waals surface area contributed by atoms with Crippen LogP contribution in [0.1, 0.15) is 16.8 Å². The Balaban J connectivity index is 1.45. The van der Waals surface area contributed by atoms with E-state index in [1.54, 1.807) is 0 Å². The first-order chi connectivity index (χ1) is 12.2. The lowest BCUT2D eigenvalue weighted by Gasteiger charge is -2.17. The number of carbonyl (C=O) groups is 1. The molecule has 0 aliphatic carbocycles. The molecule has 1 atom stereocenters. The summed E-state index contributed by atoms with van der Waals surface area (Å²) in [6.45, 7) is 1.27. The fourth-order valence-electron chi connectivity index (χ4n) is 3.10. The predicted octanol–water partition coefficient (Wildman–Crippen LogP) is 4.29. The molecule has 3 aromatic rings. The highest BCUT2D eigenvalue weighted by Crippen LogP contribution is 2.23. The van der Waals surface area contributed by atoms with Crippen LogP contribution in [0.5, 0.6) is 5.88 Å². The van der Waals surface area contributed by atoms with Gasteiger partial charge in [0.2, 0.25) is 5.88 Å². The lowest BCUT2D eigenvalue weighted by atomic mass is 10.2. The molecule has 0 bridgehead atoms. The molecule has 1 aliphatic heterocycles. The van der Waals surface area contributed by atoms with Crippen molar-refractivity contribution in [3.8, 4) is 5.88 Å². The number of benzene rings is 2. The Labute approximate surface area is 154 Å². The zero-order chi connectivity index (χ0) is 17.2. The summed E-state index contributed by atoms with van der Waals surface area (Å²) in [4.78, 5) is 19.1. The molecule has 2 heterocycles. The summed E-state index contributed by atoms with van der Waals surface area (Å²) in [5, 5.41) is 1.09. The molecule has 1 amide bonds. The number of amides is 1. The minimum Gasteiger partial charge on any atom is -0.472 e. The van der Waals surface area contributed by atoms with Gasteiger partial charge in [0, 0.05) is 28.9 Å². The molecule has 1 fully saturated rings. The van der Waals surface area contributed by atoms with Crippen molar-refractivity contribution in [2.75, 3.05) is 13.1 Å². The van der Waals surface area contributed by atoms with Crippen LogP contribution in [-0.4, -0.2) is 35.0 Å². The van der Waals surface area contributed by atoms with E-state index in [4.69, 9.17) is 4.74 Å². The lowest BCUT2D eigenvalue weighted by molar-refractivity contribution is 0.0770. The van der Waals surface area contributed by atoms with E-state index >= 15 is 0 Å². The Morgan fingerprint density at radius 1 is 1.08 bits per heavy atom. The van der Waals surface area contributed by atoms with Gasteiger partial charge in [-0.05, 0) is 40.2 Å². The fraction of sp³-hybridized carbons (Fsp3) is 0.200. The molecule has 1 saturated heterocycles. The second-order valence-corrected chi connectivity index (χ2v) is 6.96. The fourth-order valence-corrected chi connectivity index (χ4v) is 3.55. The van der Waals surface area contributed by atoms with Crippen LogP contribution in [0, 0.1) is 0 Å². The van der Waals surface area contributed by atoms with Crippen LogP contribution in [-0.2, 0) is 0 Å². The third kappa shape index (κ3) is 3.37. The van der Waals surface area contributed by atoms with Crippen molar-refractivity contribution in [2.24, 2.45) is 0 Å². The van der Waals surface area contributed by atoms with Crippen LogP contribution < -0.4 is 4.74 Å². The van der Waals surface area contributed by atoms with E-state index in [-0.39, 0.29) is 12.0 Å². The Bertz CT molecular complexity index is 928. The van der Waals surface area contributed by atoms with Gasteiger partial charge in [-0.25, -0.2) is 4.98 Å². The van der Waals surface area contributed by atoms with E-state index in [0.717, 1.165) is 21.8 Å². The first-order valence-corrected chi connectivity index (χ1v) is 9.06. The minimum atomic E-state index is -0.0277. The number of aromatic nitrogens is 1. The van der Waals surface area contributed by atoms with Crippen LogP contribution in [0.15, 0.2) is 65.1 Å². The van der Waals surface area contributed by atoms with Crippen LogP contribution in [0.4, 0.5) is 0 Å². The van der Waals surface area contributed by atoms with Gasteiger partial charge in [0.1, 0.15) is 6.10 Å². The summed E-state index contributed by atoms with van der Waals surface area (Å²) in [5.74, 6) is 0.643. The quantitative estimate of drug-likeness (QED) is 0.662. The third-order valence-corrected chi connectivity index (χ3v) is 5.09. The van der Waals surface area contributed by atoms with E-state index < -0.39 is 0 Å². The number of rotatable bonds is 3. The van der Waals surface area contributed by atoms with Gasteiger partial charge in [-0.2, -0.15) is 0 Å². The second-order valence-electron chi connectivity index (χ2n) is 6.10. The molecule has 2 aromatic carbocycles. The van der Waals surface area contributed by atoms with Gasteiger partial charge in [0.25, 0.3) is 5.91 Å². The number of pyridine rings is 1. The van der Waals surface area contributed by atoms with Crippen molar-refractivity contribution in [2.45, 2.75) is 12.5 Å². The summed E-state index contributed by atoms with van der Waals surface area (Å²) in [5.41, 5.74) is 1.60. The Morgan fingerprint density at radius 2 is 1.88 bits per heavy atom. The van der Waals surface area contributed by atoms with E-state index in [2.05, 4.69) is 20.9 Å². The number of hydrogen-bond donors (Lipinski definition) is 0. The molecule has 4 rings (SSSR count). The number of ether oxygens (including phenoxy) is 1. The van der Waals surface area contributed by atoms with E-state index in [9.17, 15) is 4.79 Å². The molecule has 5 heteroatoms. The summed E-state index contributed by atoms with van der Waals surface area (Å²) < 4.78 is 6.83. The average Bonchev–Trinajstić information content (AvgIpc) is 3.10. The Kier molecular flexibility index (Phi) is 4.40. The normalized spacial score (nSPS) is 17.0. The SMILES string of the molecule is O=C(c1ccccc1Br)N1CCC(Oc2ccc3ccccc3n2)C1. The Hall–Kier alpha value is -2.40. The van der Waals surface area contributed by atoms with Gasteiger partial charge in [-0.3, -0.25) is 4.79 Å². The van der Waals surface area contributed by atoms with Crippen molar-refractivity contribution in [1.29, 1.82) is 0 Å². The van der Waals surface area contributed by atoms with Crippen molar-refractivity contribution in [3.63, 3.8) is 0 Å². The van der Waals surface area contributed by atoms with Crippen molar-refractivity contribution < 1.29 is 9.53 Å². The lowest BCUT2D eigenvalue weighted by Crippen LogP contribution is -2.31. The molecule has 1 unspecified atom stereocenters. The number of carbonyl (C=O) groups excluding carboxylic acids is 1. The van der Waals surface area contributed by atoms with Crippen molar-refractivity contribution >= 4 is 32.7 Å². The van der Waals surface area contributed by atoms with E-state index in [1.165, 1.54) is 0 Å². The average molecular weight is 397 g/mol. The second kappa shape index (κ2) is 6.84. The monoisotopic (exact) mass is 396 g/mol. The van der Waals surface area contributed by atoms with Crippen LogP contribution in [0.25, 0.3) is 10.9 Å². The molecule has 0 N–H and O–H groups in total. The largest absolute Gasteiger partial charge is 0.472 e. The van der Waals surface area contributed by atoms with Crippen LogP contribution >= 0.6 is 15.9 Å². The van der Waals surface area contributed by atoms with Gasteiger partial charge in [0.05, 0.1) is 17.6 Å². The maximum atomic E-state index is 12.7. The van der Waals surface area contributed by atoms with Crippen molar-refractivity contribution in [3.05, 3.63) is 70.7 Å². The molecular formula is C20H17BrN2O2. The first kappa shape index (κ1) is 16.1. The molecule has 25 heavy (non-hydrogen) atoms. The highest BCUT2D eigenvalue weighted by molar-refractivity contribution is 9.10. The third-order valence-electron chi connectivity index (χ3n) is 4.40. The smallest absolute Gasteiger partial charge is 0.255 e. The highest BCUT2D eigenvalue weighted by atomic mass is 79.9. The number of nitrogens with zero attached hydrogens (tertiary/aromatic N) is 2. The van der Waals surface area contributed by atoms with Crippen LogP contribution in [0.3, 0.4) is 0 Å². The van der Waals surface area contributed by atoms with E-state index in [1.807, 2.05) is 65.6 Å². The molecule has 1 aliphatic rings. The van der Waals surface area contributed by atoms with E-state index in [0.29, 0.717) is 24.5 Å². The maximum Gasteiger partial charge on any atom is 0.255 e. The standard InChI is InChI=1S/C20H17BrN2O2/c21-17-7-3-2-6-16(17)20(24)23-12-11-15(13-23)25-19-10-9-14-5-1-4-8-18(14)22-19/h1-10,15H,11-13H2. The predicted molar refractivity (Wildman–Crippen MR) is 101 cm³/mol. The topological polar surface area (TPSA) is 42.4 Å². The number of hydrogen-bond acceptors (Lipinski definition) is 3. The van der Waals surface area contributed by atoms with Gasteiger partial charge in [-0.15, -0.1) is 0 Å². The summed E-state index contributed by atoms with van der Waals surface area (Å²) in [7, 11) is 0. The van der Waals surface area contributed by atoms with Crippen molar-refractivity contribution in [1.82, 2.24) is 9.88 Å². The van der Waals surface area contributed by atoms with Crippen LogP contribution in [0.2, 0.25) is 0 Å². The molecule has 0 spiro atoms. The number of para-hydroxylation sites is 1. The van der Waals surface area contributed by atoms with Gasteiger partial charge in [0.15, 0.2) is 0 Å². The maximum absolute atomic E-state index is 12.7. The summed E-state index contributed by atoms with van der Waals surface area (Å²) in [6, 6.07) is 19.4. The molecule has 0 radical (unpaired) electrons. The zero-order valence-corrected chi connectivity index (χ0v) is 15.1. The number of fused-ring (bicyclic) bond motifs is 1. The number of likely N-dealkylation sites (tertiary alicyclic amines) is 1. The first-order valence-electron chi connectivity index (χ1n) is 8.27.